The van der Waals surface area contributed by atoms with Gasteiger partial charge in [0.05, 0.1) is 29.1 Å². The highest BCUT2D eigenvalue weighted by Crippen LogP contribution is 2.30. The Labute approximate surface area is 167 Å². The quantitative estimate of drug-likeness (QED) is 0.347. The van der Waals surface area contributed by atoms with Gasteiger partial charge >= 0.3 is 0 Å². The summed E-state index contributed by atoms with van der Waals surface area (Å²) in [6.07, 6.45) is 2.28. The molecule has 4 aromatic rings. The van der Waals surface area contributed by atoms with Crippen LogP contribution in [0.4, 0.5) is 5.82 Å². The molecule has 9 nitrogen and oxygen atoms in total. The van der Waals surface area contributed by atoms with Gasteiger partial charge < -0.3 is 15.5 Å². The molecule has 10 heteroatoms. The molecule has 3 heterocycles. The summed E-state index contributed by atoms with van der Waals surface area (Å²) in [4.78, 5) is 7.90. The van der Waals surface area contributed by atoms with Crippen LogP contribution in [0.5, 0.6) is 0 Å². The van der Waals surface area contributed by atoms with Crippen molar-refractivity contribution < 1.29 is 13.2 Å². The van der Waals surface area contributed by atoms with Gasteiger partial charge in [-0.3, -0.25) is 5.10 Å². The van der Waals surface area contributed by atoms with Crippen LogP contribution in [0.2, 0.25) is 0 Å². The van der Waals surface area contributed by atoms with Crippen LogP contribution in [0.15, 0.2) is 36.5 Å². The van der Waals surface area contributed by atoms with Gasteiger partial charge in [-0.15, -0.1) is 0 Å². The second-order valence-corrected chi connectivity index (χ2v) is 8.65. The van der Waals surface area contributed by atoms with Gasteiger partial charge in [0.15, 0.2) is 0 Å². The number of pyridine rings is 1. The summed E-state index contributed by atoms with van der Waals surface area (Å²) in [5, 5.41) is 8.77. The predicted molar refractivity (Wildman–Crippen MR) is 113 cm³/mol. The second kappa shape index (κ2) is 7.82. The Balaban J connectivity index is 1.60. The fraction of sp³-hybridized carbons (Fsp3) is 0.263. The molecule has 0 saturated carbocycles. The molecule has 3 aromatic heterocycles. The van der Waals surface area contributed by atoms with Crippen molar-refractivity contribution in [1.82, 2.24) is 24.9 Å². The highest BCUT2D eigenvalue weighted by Gasteiger charge is 2.13. The largest absolute Gasteiger partial charge is 0.384 e. The van der Waals surface area contributed by atoms with Gasteiger partial charge in [0.1, 0.15) is 5.82 Å². The standard InChI is InChI=1S/C19H22N6O3S/c1-28-8-9-29(26,27)22-7-4-13-11-15-18(23-13)14-3-2-12(16-5-6-21-25-16)10-17(14)24-19(15)20/h2-3,5-6,10-11,22-23H,4,7-9H2,1H3,(H2,20,24)(H,21,25). The number of nitrogens with two attached hydrogens (primary N) is 1. The monoisotopic (exact) mass is 414 g/mol. The molecule has 0 atom stereocenters. The minimum absolute atomic E-state index is 0.0595. The van der Waals surface area contributed by atoms with E-state index < -0.39 is 10.0 Å². The minimum Gasteiger partial charge on any atom is -0.384 e. The van der Waals surface area contributed by atoms with Crippen molar-refractivity contribution in [2.24, 2.45) is 0 Å². The zero-order chi connectivity index (χ0) is 20.4. The lowest BCUT2D eigenvalue weighted by Gasteiger charge is -2.05. The number of nitrogen functional groups attached to an aromatic ring is 1. The van der Waals surface area contributed by atoms with Gasteiger partial charge in [-0.25, -0.2) is 18.1 Å². The van der Waals surface area contributed by atoms with E-state index in [0.29, 0.717) is 12.2 Å². The number of sulfonamides is 1. The SMILES string of the molecule is COCCS(=O)(=O)NCCc1cc2c(N)nc3cc(-c4cc[nH]n4)ccc3c2[nH]1. The van der Waals surface area contributed by atoms with Crippen LogP contribution in [-0.2, 0) is 21.2 Å². The number of ether oxygens (including phenoxy) is 1. The molecule has 29 heavy (non-hydrogen) atoms. The fourth-order valence-electron chi connectivity index (χ4n) is 3.27. The van der Waals surface area contributed by atoms with E-state index in [0.717, 1.165) is 38.8 Å². The number of aromatic nitrogens is 4. The summed E-state index contributed by atoms with van der Waals surface area (Å²) in [6, 6.07) is 9.74. The summed E-state index contributed by atoms with van der Waals surface area (Å²) in [6.45, 7) is 0.448. The van der Waals surface area contributed by atoms with E-state index in [1.807, 2.05) is 30.3 Å². The van der Waals surface area contributed by atoms with Gasteiger partial charge in [0, 0.05) is 48.3 Å². The third-order valence-electron chi connectivity index (χ3n) is 4.73. The summed E-state index contributed by atoms with van der Waals surface area (Å²) >= 11 is 0. The number of rotatable bonds is 8. The molecule has 0 fully saturated rings. The first-order valence-electron chi connectivity index (χ1n) is 9.14. The molecule has 0 spiro atoms. The first-order chi connectivity index (χ1) is 14.0. The van der Waals surface area contributed by atoms with Gasteiger partial charge in [0.25, 0.3) is 0 Å². The molecule has 0 bridgehead atoms. The Morgan fingerprint density at radius 3 is 2.83 bits per heavy atom. The first kappa shape index (κ1) is 19.4. The Morgan fingerprint density at radius 1 is 1.21 bits per heavy atom. The van der Waals surface area contributed by atoms with Crippen LogP contribution < -0.4 is 10.5 Å². The lowest BCUT2D eigenvalue weighted by Crippen LogP contribution is -2.30. The summed E-state index contributed by atoms with van der Waals surface area (Å²) in [5.74, 6) is 0.366. The van der Waals surface area contributed by atoms with Crippen LogP contribution in [0.3, 0.4) is 0 Å². The zero-order valence-corrected chi connectivity index (χ0v) is 16.7. The number of hydrogen-bond acceptors (Lipinski definition) is 6. The zero-order valence-electron chi connectivity index (χ0n) is 15.9. The van der Waals surface area contributed by atoms with Gasteiger partial charge in [-0.05, 0) is 18.2 Å². The van der Waals surface area contributed by atoms with Crippen molar-refractivity contribution in [3.63, 3.8) is 0 Å². The first-order valence-corrected chi connectivity index (χ1v) is 10.8. The molecular formula is C19H22N6O3S. The molecule has 0 saturated heterocycles. The Morgan fingerprint density at radius 2 is 2.07 bits per heavy atom. The maximum absolute atomic E-state index is 11.9. The Bertz CT molecular complexity index is 1250. The van der Waals surface area contributed by atoms with Gasteiger partial charge in [-0.1, -0.05) is 12.1 Å². The van der Waals surface area contributed by atoms with Crippen LogP contribution >= 0.6 is 0 Å². The molecule has 0 unspecified atom stereocenters. The third-order valence-corrected chi connectivity index (χ3v) is 6.07. The van der Waals surface area contributed by atoms with Crippen molar-refractivity contribution in [2.75, 3.05) is 31.7 Å². The Kier molecular flexibility index (Phi) is 5.22. The van der Waals surface area contributed by atoms with E-state index >= 15 is 0 Å². The van der Waals surface area contributed by atoms with E-state index in [2.05, 4.69) is 24.9 Å². The molecule has 1 aromatic carbocycles. The molecule has 0 aliphatic heterocycles. The van der Waals surface area contributed by atoms with Crippen LogP contribution in [0.1, 0.15) is 5.69 Å². The smallest absolute Gasteiger partial charge is 0.213 e. The molecule has 0 aliphatic carbocycles. The maximum atomic E-state index is 11.9. The molecule has 0 radical (unpaired) electrons. The number of methoxy groups -OCH3 is 1. The second-order valence-electron chi connectivity index (χ2n) is 6.73. The van der Waals surface area contributed by atoms with Crippen molar-refractivity contribution >= 4 is 37.6 Å². The van der Waals surface area contributed by atoms with Crippen molar-refractivity contribution in [3.05, 3.63) is 42.2 Å². The van der Waals surface area contributed by atoms with E-state index in [9.17, 15) is 8.42 Å². The van der Waals surface area contributed by atoms with Crippen molar-refractivity contribution in [2.45, 2.75) is 6.42 Å². The van der Waals surface area contributed by atoms with Gasteiger partial charge in [0.2, 0.25) is 10.0 Å². The average Bonchev–Trinajstić information content (AvgIpc) is 3.36. The predicted octanol–water partition coefficient (Wildman–Crippen LogP) is 1.80. The highest BCUT2D eigenvalue weighted by atomic mass is 32.2. The van der Waals surface area contributed by atoms with E-state index in [4.69, 9.17) is 10.5 Å². The Hall–Kier alpha value is -2.95. The van der Waals surface area contributed by atoms with E-state index in [-0.39, 0.29) is 18.9 Å². The number of fused-ring (bicyclic) bond motifs is 3. The fourth-order valence-corrected chi connectivity index (χ4v) is 4.22. The van der Waals surface area contributed by atoms with Crippen LogP contribution in [0.25, 0.3) is 33.1 Å². The molecule has 5 N–H and O–H groups in total. The topological polar surface area (TPSA) is 139 Å². The summed E-state index contributed by atoms with van der Waals surface area (Å²) in [5.41, 5.74) is 10.5. The third kappa shape index (κ3) is 4.09. The molecule has 152 valence electrons. The summed E-state index contributed by atoms with van der Waals surface area (Å²) < 4.78 is 31.1. The number of anilines is 1. The molecular weight excluding hydrogens is 392 g/mol. The molecule has 4 rings (SSSR count). The van der Waals surface area contributed by atoms with Crippen molar-refractivity contribution in [3.8, 4) is 11.3 Å². The number of H-pyrrole nitrogens is 2. The minimum atomic E-state index is -3.35. The lowest BCUT2D eigenvalue weighted by molar-refractivity contribution is 0.217. The average molecular weight is 414 g/mol. The number of hydrogen-bond donors (Lipinski definition) is 4. The van der Waals surface area contributed by atoms with Crippen LogP contribution in [-0.4, -0.2) is 54.6 Å². The van der Waals surface area contributed by atoms with E-state index in [1.54, 1.807) is 6.20 Å². The van der Waals surface area contributed by atoms with Crippen molar-refractivity contribution in [1.29, 1.82) is 0 Å². The molecule has 0 aliphatic rings. The maximum Gasteiger partial charge on any atom is 0.213 e. The van der Waals surface area contributed by atoms with Crippen LogP contribution in [0, 0.1) is 0 Å². The number of nitrogens with one attached hydrogen (secondary N) is 3. The highest BCUT2D eigenvalue weighted by molar-refractivity contribution is 7.89. The van der Waals surface area contributed by atoms with Gasteiger partial charge in [-0.2, -0.15) is 5.10 Å². The number of benzene rings is 1. The number of nitrogens with zero attached hydrogens (tertiary/aromatic N) is 2. The lowest BCUT2D eigenvalue weighted by atomic mass is 10.1. The van der Waals surface area contributed by atoms with E-state index in [1.165, 1.54) is 7.11 Å². The molecule has 0 amide bonds. The summed E-state index contributed by atoms with van der Waals surface area (Å²) in [7, 11) is -1.87. The number of aromatic amines is 2. The normalized spacial score (nSPS) is 12.2.